The Bertz CT molecular complexity index is 490. The highest BCUT2D eigenvalue weighted by atomic mass is 16.4. The highest BCUT2D eigenvalue weighted by molar-refractivity contribution is 5.97. The molecule has 1 aliphatic rings. The van der Waals surface area contributed by atoms with Crippen molar-refractivity contribution in [3.05, 3.63) is 29.8 Å². The summed E-state index contributed by atoms with van der Waals surface area (Å²) in [6.07, 6.45) is 2.51. The topological polar surface area (TPSA) is 92.4 Å². The first-order valence-corrected chi connectivity index (χ1v) is 6.39. The summed E-state index contributed by atoms with van der Waals surface area (Å²) in [6.45, 7) is 0.333. The molecule has 1 aliphatic carbocycles. The van der Waals surface area contributed by atoms with Crippen molar-refractivity contribution < 1.29 is 14.7 Å². The zero-order chi connectivity index (χ0) is 13.9. The average molecular weight is 262 g/mol. The lowest BCUT2D eigenvalue weighted by atomic mass is 9.68. The lowest BCUT2D eigenvalue weighted by Crippen LogP contribution is -2.47. The molecular formula is C14H18N2O3. The third-order valence-electron chi connectivity index (χ3n) is 3.79. The molecule has 1 fully saturated rings. The molecule has 0 bridgehead atoms. The van der Waals surface area contributed by atoms with Crippen molar-refractivity contribution >= 4 is 17.6 Å². The van der Waals surface area contributed by atoms with Gasteiger partial charge in [0.05, 0.1) is 11.8 Å². The van der Waals surface area contributed by atoms with Gasteiger partial charge in [-0.1, -0.05) is 24.6 Å². The molecule has 0 spiro atoms. The predicted octanol–water partition coefficient (Wildman–Crippen LogP) is 1.38. The van der Waals surface area contributed by atoms with Gasteiger partial charge < -0.3 is 16.2 Å². The number of amides is 1. The molecule has 2 rings (SSSR count). The summed E-state index contributed by atoms with van der Waals surface area (Å²) >= 11 is 0. The summed E-state index contributed by atoms with van der Waals surface area (Å²) < 4.78 is 0. The largest absolute Gasteiger partial charge is 0.481 e. The second kappa shape index (κ2) is 5.40. The zero-order valence-electron chi connectivity index (χ0n) is 10.7. The lowest BCUT2D eigenvalue weighted by Gasteiger charge is -2.39. The molecule has 0 aliphatic heterocycles. The fraction of sp³-hybridized carbons (Fsp3) is 0.429. The van der Waals surface area contributed by atoms with E-state index in [0.717, 1.165) is 19.3 Å². The summed E-state index contributed by atoms with van der Waals surface area (Å²) in [5.41, 5.74) is 6.40. The zero-order valence-corrected chi connectivity index (χ0v) is 10.7. The molecular weight excluding hydrogens is 244 g/mol. The number of aliphatic carboxylic acids is 1. The van der Waals surface area contributed by atoms with Crippen LogP contribution in [0.3, 0.4) is 0 Å². The highest BCUT2D eigenvalue weighted by Crippen LogP contribution is 2.41. The molecule has 0 unspecified atom stereocenters. The second-order valence-corrected chi connectivity index (χ2v) is 5.02. The van der Waals surface area contributed by atoms with Gasteiger partial charge in [0.2, 0.25) is 5.91 Å². The standard InChI is InChI=1S/C14H18N2O3/c15-9-14(6-3-7-14)13(19)16-11-5-2-1-4-10(11)8-12(17)18/h1-2,4-5H,3,6-9,15H2,(H,16,19)(H,17,18). The number of rotatable bonds is 5. The molecule has 19 heavy (non-hydrogen) atoms. The van der Waals surface area contributed by atoms with Crippen LogP contribution >= 0.6 is 0 Å². The number of hydrogen-bond acceptors (Lipinski definition) is 3. The predicted molar refractivity (Wildman–Crippen MR) is 71.7 cm³/mol. The van der Waals surface area contributed by atoms with E-state index in [-0.39, 0.29) is 12.3 Å². The third-order valence-corrected chi connectivity index (χ3v) is 3.79. The van der Waals surface area contributed by atoms with Crippen molar-refractivity contribution in [2.24, 2.45) is 11.1 Å². The third kappa shape index (κ3) is 2.76. The molecule has 1 saturated carbocycles. The number of benzene rings is 1. The Morgan fingerprint density at radius 3 is 2.53 bits per heavy atom. The van der Waals surface area contributed by atoms with Crippen LogP contribution in [0.1, 0.15) is 24.8 Å². The van der Waals surface area contributed by atoms with Crippen LogP contribution in [0.5, 0.6) is 0 Å². The molecule has 0 atom stereocenters. The van der Waals surface area contributed by atoms with Crippen LogP contribution in [0.4, 0.5) is 5.69 Å². The van der Waals surface area contributed by atoms with Crippen LogP contribution in [0.2, 0.25) is 0 Å². The smallest absolute Gasteiger partial charge is 0.307 e. The van der Waals surface area contributed by atoms with Crippen molar-refractivity contribution in [3.63, 3.8) is 0 Å². The lowest BCUT2D eigenvalue weighted by molar-refractivity contribution is -0.136. The van der Waals surface area contributed by atoms with Gasteiger partial charge >= 0.3 is 5.97 Å². The monoisotopic (exact) mass is 262 g/mol. The maximum atomic E-state index is 12.2. The number of nitrogens with two attached hydrogens (primary N) is 1. The molecule has 102 valence electrons. The molecule has 5 heteroatoms. The molecule has 0 radical (unpaired) electrons. The molecule has 5 nitrogen and oxygen atoms in total. The van der Waals surface area contributed by atoms with Crippen molar-refractivity contribution in [1.29, 1.82) is 0 Å². The number of nitrogens with one attached hydrogen (secondary N) is 1. The van der Waals surface area contributed by atoms with Gasteiger partial charge in [-0.3, -0.25) is 9.59 Å². The molecule has 4 N–H and O–H groups in total. The Kier molecular flexibility index (Phi) is 3.85. The molecule has 1 aromatic rings. The van der Waals surface area contributed by atoms with Gasteiger partial charge in [-0.05, 0) is 24.5 Å². The summed E-state index contributed by atoms with van der Waals surface area (Å²) in [6, 6.07) is 6.96. The molecule has 0 aromatic heterocycles. The summed E-state index contributed by atoms with van der Waals surface area (Å²) in [4.78, 5) is 23.0. The number of carboxylic acids is 1. The summed E-state index contributed by atoms with van der Waals surface area (Å²) in [7, 11) is 0. The average Bonchev–Trinajstić information content (AvgIpc) is 2.30. The number of carbonyl (C=O) groups excluding carboxylic acids is 1. The van der Waals surface area contributed by atoms with Crippen molar-refractivity contribution in [3.8, 4) is 0 Å². The van der Waals surface area contributed by atoms with E-state index in [0.29, 0.717) is 17.8 Å². The van der Waals surface area contributed by atoms with Crippen LogP contribution in [0.25, 0.3) is 0 Å². The van der Waals surface area contributed by atoms with Crippen molar-refractivity contribution in [2.75, 3.05) is 11.9 Å². The first kappa shape index (κ1) is 13.5. The Balaban J connectivity index is 2.14. The van der Waals surface area contributed by atoms with E-state index in [1.54, 1.807) is 24.3 Å². The van der Waals surface area contributed by atoms with E-state index < -0.39 is 11.4 Å². The van der Waals surface area contributed by atoms with E-state index in [1.807, 2.05) is 0 Å². The first-order valence-electron chi connectivity index (χ1n) is 6.39. The molecule has 1 amide bonds. The number of para-hydroxylation sites is 1. The second-order valence-electron chi connectivity index (χ2n) is 5.02. The van der Waals surface area contributed by atoms with Gasteiger partial charge in [0.15, 0.2) is 0 Å². The molecule has 0 saturated heterocycles. The maximum absolute atomic E-state index is 12.2. The van der Waals surface area contributed by atoms with Crippen LogP contribution in [-0.2, 0) is 16.0 Å². The normalized spacial score (nSPS) is 16.5. The number of carboxylic acid groups (broad SMARTS) is 1. The van der Waals surface area contributed by atoms with Crippen LogP contribution in [-0.4, -0.2) is 23.5 Å². The van der Waals surface area contributed by atoms with Crippen LogP contribution < -0.4 is 11.1 Å². The van der Waals surface area contributed by atoms with Gasteiger partial charge in [0, 0.05) is 12.2 Å². The Morgan fingerprint density at radius 1 is 1.32 bits per heavy atom. The van der Waals surface area contributed by atoms with E-state index in [2.05, 4.69) is 5.32 Å². The SMILES string of the molecule is NCC1(C(=O)Nc2ccccc2CC(=O)O)CCC1. The minimum atomic E-state index is -0.918. The van der Waals surface area contributed by atoms with Crippen LogP contribution in [0.15, 0.2) is 24.3 Å². The molecule has 1 aromatic carbocycles. The quantitative estimate of drug-likeness (QED) is 0.747. The molecule has 0 heterocycles. The minimum absolute atomic E-state index is 0.0981. The van der Waals surface area contributed by atoms with Crippen molar-refractivity contribution in [2.45, 2.75) is 25.7 Å². The van der Waals surface area contributed by atoms with Gasteiger partial charge in [-0.15, -0.1) is 0 Å². The van der Waals surface area contributed by atoms with Crippen LogP contribution in [0, 0.1) is 5.41 Å². The Labute approximate surface area is 111 Å². The number of anilines is 1. The van der Waals surface area contributed by atoms with Gasteiger partial charge in [0.25, 0.3) is 0 Å². The van der Waals surface area contributed by atoms with E-state index in [9.17, 15) is 9.59 Å². The van der Waals surface area contributed by atoms with Gasteiger partial charge in [-0.25, -0.2) is 0 Å². The fourth-order valence-electron chi connectivity index (χ4n) is 2.34. The fourth-order valence-corrected chi connectivity index (χ4v) is 2.34. The minimum Gasteiger partial charge on any atom is -0.481 e. The van der Waals surface area contributed by atoms with E-state index in [4.69, 9.17) is 10.8 Å². The Hall–Kier alpha value is -1.88. The van der Waals surface area contributed by atoms with Gasteiger partial charge in [0.1, 0.15) is 0 Å². The number of hydrogen-bond donors (Lipinski definition) is 3. The first-order chi connectivity index (χ1) is 9.07. The summed E-state index contributed by atoms with van der Waals surface area (Å²) in [5, 5.41) is 11.7. The summed E-state index contributed by atoms with van der Waals surface area (Å²) in [5.74, 6) is -1.02. The van der Waals surface area contributed by atoms with Crippen molar-refractivity contribution in [1.82, 2.24) is 0 Å². The maximum Gasteiger partial charge on any atom is 0.307 e. The van der Waals surface area contributed by atoms with Gasteiger partial charge in [-0.2, -0.15) is 0 Å². The highest BCUT2D eigenvalue weighted by Gasteiger charge is 2.42. The van der Waals surface area contributed by atoms with E-state index in [1.165, 1.54) is 0 Å². The Morgan fingerprint density at radius 2 is 2.00 bits per heavy atom. The van der Waals surface area contributed by atoms with E-state index >= 15 is 0 Å². The number of carbonyl (C=O) groups is 2.